The molecule has 1 saturated heterocycles. The molecule has 2 unspecified atom stereocenters. The monoisotopic (exact) mass is 127 g/mol. The van der Waals surface area contributed by atoms with Gasteiger partial charge in [0, 0.05) is 12.1 Å². The molecule has 1 rings (SSSR count). The molecule has 1 heterocycles. The smallest absolute Gasteiger partial charge is 0.0871 e. The van der Waals surface area contributed by atoms with Crippen molar-refractivity contribution in [2.24, 2.45) is 0 Å². The minimum atomic E-state index is 0.662. The predicted octanol–water partition coefficient (Wildman–Crippen LogP) is 0.856. The van der Waals surface area contributed by atoms with E-state index in [1.165, 1.54) is 12.8 Å². The van der Waals surface area contributed by atoms with Gasteiger partial charge in [0.25, 0.3) is 0 Å². The second-order valence-electron chi connectivity index (χ2n) is 2.51. The fourth-order valence-corrected chi connectivity index (χ4v) is 1.30. The zero-order valence-electron chi connectivity index (χ0n) is 6.15. The summed E-state index contributed by atoms with van der Waals surface area (Å²) in [6, 6.07) is 1.32. The lowest BCUT2D eigenvalue weighted by Crippen LogP contribution is -2.31. The molecule has 1 aliphatic rings. The van der Waals surface area contributed by atoms with Gasteiger partial charge < -0.3 is 0 Å². The van der Waals surface area contributed by atoms with Crippen LogP contribution in [0.5, 0.6) is 0 Å². The molecule has 0 aromatic heterocycles. The van der Waals surface area contributed by atoms with Crippen molar-refractivity contribution in [1.29, 1.82) is 0 Å². The van der Waals surface area contributed by atoms with E-state index in [9.17, 15) is 0 Å². The van der Waals surface area contributed by atoms with Crippen molar-refractivity contribution in [2.45, 2.75) is 38.8 Å². The van der Waals surface area contributed by atoms with Gasteiger partial charge in [-0.25, -0.2) is 0 Å². The summed E-state index contributed by atoms with van der Waals surface area (Å²) in [6.07, 6.45) is 2.42. The summed E-state index contributed by atoms with van der Waals surface area (Å²) in [4.78, 5) is 0. The summed E-state index contributed by atoms with van der Waals surface area (Å²) >= 11 is 0. The molecule has 0 saturated carbocycles. The van der Waals surface area contributed by atoms with Crippen LogP contribution in [0.1, 0.15) is 26.7 Å². The summed E-state index contributed by atoms with van der Waals surface area (Å²) in [5.74, 6) is 0. The van der Waals surface area contributed by atoms with Crippen molar-refractivity contribution in [3.63, 3.8) is 0 Å². The first-order valence-electron chi connectivity index (χ1n) is 3.72. The lowest BCUT2D eigenvalue weighted by Gasteiger charge is -2.14. The fraction of sp³-hybridized carbons (Fsp3) is 0.857. The Morgan fingerprint density at radius 2 is 1.56 bits per heavy atom. The molecule has 0 spiro atoms. The van der Waals surface area contributed by atoms with Gasteiger partial charge >= 0.3 is 0 Å². The normalized spacial score (nSPS) is 35.3. The van der Waals surface area contributed by atoms with Crippen LogP contribution >= 0.6 is 0 Å². The van der Waals surface area contributed by atoms with Crippen LogP contribution in [-0.2, 0) is 0 Å². The number of nitrogens with one attached hydrogen (secondary N) is 2. The largest absolute Gasteiger partial charge is 0.295 e. The Hall–Kier alpha value is -0.0800. The number of hydrogen-bond acceptors (Lipinski definition) is 2. The van der Waals surface area contributed by atoms with Crippen LogP contribution < -0.4 is 10.6 Å². The maximum absolute atomic E-state index is 3.27. The average molecular weight is 127 g/mol. The average Bonchev–Trinajstić information content (AvgIpc) is 2.33. The Labute approximate surface area is 57.0 Å². The van der Waals surface area contributed by atoms with E-state index in [0.717, 1.165) is 0 Å². The Balaban J connectivity index is 2.32. The second-order valence-corrected chi connectivity index (χ2v) is 2.51. The molecular formula is C7H15N2. The molecule has 2 nitrogen and oxygen atoms in total. The molecule has 0 bridgehead atoms. The molecule has 0 aromatic carbocycles. The SMILES string of the molecule is CCC1N[CH]NC1CC. The molecule has 2 heteroatoms. The Morgan fingerprint density at radius 3 is 1.89 bits per heavy atom. The van der Waals surface area contributed by atoms with Gasteiger partial charge in [-0.05, 0) is 12.8 Å². The van der Waals surface area contributed by atoms with E-state index < -0.39 is 0 Å². The van der Waals surface area contributed by atoms with E-state index in [0.29, 0.717) is 12.1 Å². The van der Waals surface area contributed by atoms with Crippen molar-refractivity contribution < 1.29 is 0 Å². The first kappa shape index (κ1) is 7.03. The molecule has 53 valence electrons. The molecule has 1 aliphatic heterocycles. The maximum Gasteiger partial charge on any atom is 0.0871 e. The van der Waals surface area contributed by atoms with Gasteiger partial charge in [-0.3, -0.25) is 10.6 Å². The van der Waals surface area contributed by atoms with E-state index in [1.54, 1.807) is 0 Å². The van der Waals surface area contributed by atoms with Crippen LogP contribution in [0.15, 0.2) is 0 Å². The Morgan fingerprint density at radius 1 is 1.11 bits per heavy atom. The van der Waals surface area contributed by atoms with Gasteiger partial charge in [0.2, 0.25) is 0 Å². The van der Waals surface area contributed by atoms with Gasteiger partial charge in [0.1, 0.15) is 0 Å². The van der Waals surface area contributed by atoms with Crippen LogP contribution in [0, 0.1) is 6.67 Å². The highest BCUT2D eigenvalue weighted by Gasteiger charge is 2.22. The summed E-state index contributed by atoms with van der Waals surface area (Å²) < 4.78 is 0. The minimum Gasteiger partial charge on any atom is -0.295 e. The molecule has 9 heavy (non-hydrogen) atoms. The van der Waals surface area contributed by atoms with Crippen LogP contribution in [0.4, 0.5) is 0 Å². The van der Waals surface area contributed by atoms with Crippen molar-refractivity contribution in [3.8, 4) is 0 Å². The quantitative estimate of drug-likeness (QED) is 0.575. The highest BCUT2D eigenvalue weighted by atomic mass is 15.2. The highest BCUT2D eigenvalue weighted by molar-refractivity contribution is 4.90. The van der Waals surface area contributed by atoms with E-state index in [2.05, 4.69) is 24.5 Å². The molecule has 2 atom stereocenters. The van der Waals surface area contributed by atoms with Crippen molar-refractivity contribution >= 4 is 0 Å². The Kier molecular flexibility index (Phi) is 2.49. The third kappa shape index (κ3) is 1.43. The van der Waals surface area contributed by atoms with E-state index >= 15 is 0 Å². The van der Waals surface area contributed by atoms with Crippen LogP contribution in [0.25, 0.3) is 0 Å². The molecule has 0 aliphatic carbocycles. The maximum atomic E-state index is 3.27. The van der Waals surface area contributed by atoms with Crippen LogP contribution in [0.2, 0.25) is 0 Å². The van der Waals surface area contributed by atoms with Gasteiger partial charge in [0.05, 0.1) is 6.67 Å². The van der Waals surface area contributed by atoms with E-state index in [4.69, 9.17) is 0 Å². The third-order valence-corrected chi connectivity index (χ3v) is 1.96. The predicted molar refractivity (Wildman–Crippen MR) is 38.7 cm³/mol. The molecule has 2 N–H and O–H groups in total. The lowest BCUT2D eigenvalue weighted by atomic mass is 10.1. The molecule has 1 fully saturated rings. The van der Waals surface area contributed by atoms with Crippen molar-refractivity contribution in [1.82, 2.24) is 10.6 Å². The van der Waals surface area contributed by atoms with Crippen molar-refractivity contribution in [2.75, 3.05) is 0 Å². The van der Waals surface area contributed by atoms with E-state index in [-0.39, 0.29) is 0 Å². The third-order valence-electron chi connectivity index (χ3n) is 1.96. The number of hydrogen-bond donors (Lipinski definition) is 2. The number of rotatable bonds is 2. The first-order chi connectivity index (χ1) is 4.38. The second kappa shape index (κ2) is 3.18. The van der Waals surface area contributed by atoms with Gasteiger partial charge in [-0.2, -0.15) is 0 Å². The zero-order chi connectivity index (χ0) is 6.69. The topological polar surface area (TPSA) is 24.1 Å². The minimum absolute atomic E-state index is 0.662. The Bertz CT molecular complexity index is 73.0. The van der Waals surface area contributed by atoms with Gasteiger partial charge in [0.15, 0.2) is 0 Å². The summed E-state index contributed by atoms with van der Waals surface area (Å²) in [5, 5.41) is 6.54. The lowest BCUT2D eigenvalue weighted by molar-refractivity contribution is 0.484. The zero-order valence-corrected chi connectivity index (χ0v) is 6.15. The molecule has 0 amide bonds. The summed E-state index contributed by atoms with van der Waals surface area (Å²) in [6.45, 7) is 6.38. The van der Waals surface area contributed by atoms with E-state index in [1.807, 2.05) is 6.67 Å². The van der Waals surface area contributed by atoms with Crippen LogP contribution in [0.3, 0.4) is 0 Å². The molecular weight excluding hydrogens is 112 g/mol. The standard InChI is InChI=1S/C7H15N2/c1-3-6-7(4-2)9-5-8-6/h5-9H,3-4H2,1-2H3. The molecule has 1 radical (unpaired) electrons. The first-order valence-corrected chi connectivity index (χ1v) is 3.72. The van der Waals surface area contributed by atoms with Crippen LogP contribution in [-0.4, -0.2) is 12.1 Å². The fourth-order valence-electron chi connectivity index (χ4n) is 1.30. The van der Waals surface area contributed by atoms with Gasteiger partial charge in [-0.15, -0.1) is 0 Å². The highest BCUT2D eigenvalue weighted by Crippen LogP contribution is 2.07. The molecule has 0 aromatic rings. The van der Waals surface area contributed by atoms with Crippen molar-refractivity contribution in [3.05, 3.63) is 6.67 Å². The summed E-state index contributed by atoms with van der Waals surface area (Å²) in [5.41, 5.74) is 0. The summed E-state index contributed by atoms with van der Waals surface area (Å²) in [7, 11) is 0. The van der Waals surface area contributed by atoms with Gasteiger partial charge in [-0.1, -0.05) is 13.8 Å².